The summed E-state index contributed by atoms with van der Waals surface area (Å²) in [4.78, 5) is 30.4. The highest BCUT2D eigenvalue weighted by Crippen LogP contribution is 2.39. The van der Waals surface area contributed by atoms with Crippen LogP contribution in [0.1, 0.15) is 44.0 Å². The number of hydrogen-bond acceptors (Lipinski definition) is 7. The minimum atomic E-state index is -3.80. The van der Waals surface area contributed by atoms with Crippen LogP contribution in [0.5, 0.6) is 5.75 Å². The summed E-state index contributed by atoms with van der Waals surface area (Å²) in [5.74, 6) is -0.0774. The normalized spacial score (nSPS) is 15.3. The Bertz CT molecular complexity index is 1760. The molecule has 228 valence electrons. The Morgan fingerprint density at radius 2 is 1.55 bits per heavy atom. The third-order valence-corrected chi connectivity index (χ3v) is 11.2. The first-order valence-corrected chi connectivity index (χ1v) is 16.9. The zero-order valence-corrected chi connectivity index (χ0v) is 26.0. The van der Waals surface area contributed by atoms with E-state index in [9.17, 15) is 18.0 Å². The number of nitrogens with zero attached hydrogens (tertiary/aromatic N) is 2. The Hall–Kier alpha value is -4.19. The second-order valence-corrected chi connectivity index (χ2v) is 13.8. The molecule has 44 heavy (non-hydrogen) atoms. The number of hydrogen-bond donors (Lipinski definition) is 2. The van der Waals surface area contributed by atoms with Crippen LogP contribution in [-0.4, -0.2) is 57.8 Å². The van der Waals surface area contributed by atoms with Gasteiger partial charge in [0.05, 0.1) is 17.6 Å². The Balaban J connectivity index is 1.19. The third-order valence-electron chi connectivity index (χ3n) is 8.07. The number of benzene rings is 3. The Morgan fingerprint density at radius 3 is 2.27 bits per heavy atom. The van der Waals surface area contributed by atoms with Gasteiger partial charge in [0.25, 0.3) is 11.8 Å². The molecule has 2 amide bonds. The van der Waals surface area contributed by atoms with Gasteiger partial charge in [0.1, 0.15) is 10.8 Å². The molecule has 2 heterocycles. The molecule has 1 aliphatic heterocycles. The third kappa shape index (κ3) is 6.21. The number of rotatable bonds is 8. The molecule has 2 aliphatic rings. The van der Waals surface area contributed by atoms with E-state index in [2.05, 4.69) is 15.5 Å². The molecule has 0 saturated carbocycles. The average molecular weight is 631 g/mol. The lowest BCUT2D eigenvalue weighted by atomic mass is 9.95. The molecule has 1 aromatic heterocycles. The quantitative estimate of drug-likeness (QED) is 0.261. The topological polar surface area (TPSA) is 108 Å². The molecule has 4 aromatic rings. The number of carbonyl (C=O) groups excluding carboxylic acids is 2. The van der Waals surface area contributed by atoms with Gasteiger partial charge in [-0.15, -0.1) is 11.3 Å². The van der Waals surface area contributed by atoms with E-state index in [1.54, 1.807) is 43.5 Å². The maximum Gasteiger partial charge on any atom is 0.258 e. The largest absolute Gasteiger partial charge is 0.497 e. The van der Waals surface area contributed by atoms with E-state index in [0.717, 1.165) is 41.8 Å². The van der Waals surface area contributed by atoms with Crippen LogP contribution in [0.3, 0.4) is 0 Å². The molecule has 1 aliphatic carbocycles. The Labute approximate surface area is 261 Å². The summed E-state index contributed by atoms with van der Waals surface area (Å²) in [6, 6.07) is 23.1. The lowest BCUT2D eigenvalue weighted by Gasteiger charge is -2.35. The molecule has 0 spiro atoms. The van der Waals surface area contributed by atoms with Crippen molar-refractivity contribution in [3.8, 4) is 5.75 Å². The molecular formula is C33H34N4O5S2. The van der Waals surface area contributed by atoms with E-state index in [1.165, 1.54) is 27.8 Å². The molecule has 9 nitrogen and oxygen atoms in total. The molecule has 6 rings (SSSR count). The molecule has 1 fully saturated rings. The van der Waals surface area contributed by atoms with Crippen molar-refractivity contribution in [3.05, 3.63) is 100 Å². The SMILES string of the molecule is COc1ccc(NC(=O)c2c(NC(=O)c3cccc(S(=O)(=O)N4CCN(c5ccccc5)CC4)c3)sc3c2CCCC3)cc1. The molecule has 0 unspecified atom stereocenters. The van der Waals surface area contributed by atoms with Crippen LogP contribution < -0.4 is 20.3 Å². The first kappa shape index (κ1) is 29.9. The maximum atomic E-state index is 13.6. The highest BCUT2D eigenvalue weighted by atomic mass is 32.2. The Morgan fingerprint density at radius 1 is 0.818 bits per heavy atom. The minimum Gasteiger partial charge on any atom is -0.497 e. The monoisotopic (exact) mass is 630 g/mol. The molecule has 3 aromatic carbocycles. The van der Waals surface area contributed by atoms with E-state index in [1.807, 2.05) is 30.3 Å². The molecule has 0 atom stereocenters. The number of ether oxygens (including phenoxy) is 1. The first-order chi connectivity index (χ1) is 21.3. The van der Waals surface area contributed by atoms with Gasteiger partial charge in [0, 0.05) is 48.0 Å². The van der Waals surface area contributed by atoms with Crippen LogP contribution in [0, 0.1) is 0 Å². The van der Waals surface area contributed by atoms with Crippen LogP contribution >= 0.6 is 11.3 Å². The summed E-state index contributed by atoms with van der Waals surface area (Å²) in [6.07, 6.45) is 3.61. The van der Waals surface area contributed by atoms with E-state index >= 15 is 0 Å². The lowest BCUT2D eigenvalue weighted by molar-refractivity contribution is 0.102. The summed E-state index contributed by atoms with van der Waals surface area (Å²) in [5, 5.41) is 6.36. The molecule has 2 N–H and O–H groups in total. The fraction of sp³-hybridized carbons (Fsp3) is 0.273. The van der Waals surface area contributed by atoms with Gasteiger partial charge in [-0.2, -0.15) is 4.31 Å². The summed E-state index contributed by atoms with van der Waals surface area (Å²) >= 11 is 1.42. The van der Waals surface area contributed by atoms with E-state index in [4.69, 9.17) is 4.74 Å². The second kappa shape index (κ2) is 12.8. The number of thiophene rings is 1. The molecule has 0 bridgehead atoms. The van der Waals surface area contributed by atoms with Gasteiger partial charge >= 0.3 is 0 Å². The summed E-state index contributed by atoms with van der Waals surface area (Å²) in [6.45, 7) is 1.85. The number of para-hydroxylation sites is 1. The number of piperazine rings is 1. The highest BCUT2D eigenvalue weighted by Gasteiger charge is 2.30. The minimum absolute atomic E-state index is 0.0706. The van der Waals surface area contributed by atoms with Crippen molar-refractivity contribution in [2.24, 2.45) is 0 Å². The predicted octanol–water partition coefficient (Wildman–Crippen LogP) is 5.65. The maximum absolute atomic E-state index is 13.6. The molecular weight excluding hydrogens is 597 g/mol. The van der Waals surface area contributed by atoms with Crippen molar-refractivity contribution < 1.29 is 22.7 Å². The number of sulfonamides is 1. The van der Waals surface area contributed by atoms with Gasteiger partial charge in [0.2, 0.25) is 10.0 Å². The van der Waals surface area contributed by atoms with Gasteiger partial charge in [-0.05, 0) is 85.8 Å². The van der Waals surface area contributed by atoms with Crippen molar-refractivity contribution in [1.82, 2.24) is 4.31 Å². The van der Waals surface area contributed by atoms with Crippen molar-refractivity contribution in [1.29, 1.82) is 0 Å². The number of anilines is 3. The Kier molecular flexibility index (Phi) is 8.69. The standard InChI is InChI=1S/C33H34N4O5S2/c1-42-26-16-14-24(15-17-26)34-32(39)30-28-12-5-6-13-29(28)43-33(30)35-31(38)23-8-7-11-27(22-23)44(40,41)37-20-18-36(19-21-37)25-9-3-2-4-10-25/h2-4,7-11,14-17,22H,5-6,12-13,18-21H2,1H3,(H,34,39)(H,35,38). The molecule has 11 heteroatoms. The fourth-order valence-electron chi connectivity index (χ4n) is 5.71. The number of nitrogens with one attached hydrogen (secondary N) is 2. The van der Waals surface area contributed by atoms with E-state index in [-0.39, 0.29) is 16.4 Å². The number of carbonyl (C=O) groups is 2. The predicted molar refractivity (Wildman–Crippen MR) is 174 cm³/mol. The first-order valence-electron chi connectivity index (χ1n) is 14.6. The number of fused-ring (bicyclic) bond motifs is 1. The number of methoxy groups -OCH3 is 1. The van der Waals surface area contributed by atoms with E-state index < -0.39 is 15.9 Å². The molecule has 0 radical (unpaired) electrons. The van der Waals surface area contributed by atoms with Crippen molar-refractivity contribution in [2.75, 3.05) is 48.8 Å². The number of amides is 2. The summed E-state index contributed by atoms with van der Waals surface area (Å²) < 4.78 is 33.8. The van der Waals surface area contributed by atoms with Crippen LogP contribution in [0.25, 0.3) is 0 Å². The van der Waals surface area contributed by atoms with Gasteiger partial charge in [-0.3, -0.25) is 9.59 Å². The van der Waals surface area contributed by atoms with Crippen molar-refractivity contribution >= 4 is 49.6 Å². The van der Waals surface area contributed by atoms with Gasteiger partial charge in [-0.25, -0.2) is 8.42 Å². The fourth-order valence-corrected chi connectivity index (χ4v) is 8.46. The molecule has 1 saturated heterocycles. The summed E-state index contributed by atoms with van der Waals surface area (Å²) in [7, 11) is -2.22. The zero-order chi connectivity index (χ0) is 30.7. The van der Waals surface area contributed by atoms with Crippen LogP contribution in [0.15, 0.2) is 83.8 Å². The van der Waals surface area contributed by atoms with Crippen molar-refractivity contribution in [2.45, 2.75) is 30.6 Å². The lowest BCUT2D eigenvalue weighted by Crippen LogP contribution is -2.48. The van der Waals surface area contributed by atoms with Crippen LogP contribution in [-0.2, 0) is 22.9 Å². The van der Waals surface area contributed by atoms with Gasteiger partial charge < -0.3 is 20.3 Å². The van der Waals surface area contributed by atoms with Crippen LogP contribution in [0.2, 0.25) is 0 Å². The second-order valence-electron chi connectivity index (χ2n) is 10.8. The van der Waals surface area contributed by atoms with Gasteiger partial charge in [-0.1, -0.05) is 24.3 Å². The smallest absolute Gasteiger partial charge is 0.258 e. The summed E-state index contributed by atoms with van der Waals surface area (Å²) in [5.41, 5.74) is 3.33. The van der Waals surface area contributed by atoms with Crippen LogP contribution in [0.4, 0.5) is 16.4 Å². The number of aryl methyl sites for hydroxylation is 1. The van der Waals surface area contributed by atoms with Gasteiger partial charge in [0.15, 0.2) is 0 Å². The average Bonchev–Trinajstić information content (AvgIpc) is 3.43. The zero-order valence-electron chi connectivity index (χ0n) is 24.4. The highest BCUT2D eigenvalue weighted by molar-refractivity contribution is 7.89. The van der Waals surface area contributed by atoms with Crippen molar-refractivity contribution in [3.63, 3.8) is 0 Å². The van der Waals surface area contributed by atoms with E-state index in [0.29, 0.717) is 48.2 Å².